The molecule has 0 bridgehead atoms. The molecular weight excluding hydrogens is 196 g/mol. The van der Waals surface area contributed by atoms with Gasteiger partial charge in [0.1, 0.15) is 0 Å². The standard InChI is InChI=1S/C14H28N2/c1-3-8-15-13-6-7-14(10-13)16-9-4-5-12(2)11-16/h12-15H,3-11H2,1-2H3. The third-order valence-electron chi connectivity index (χ3n) is 4.29. The number of hydrogen-bond donors (Lipinski definition) is 1. The van der Waals surface area contributed by atoms with E-state index in [4.69, 9.17) is 0 Å². The van der Waals surface area contributed by atoms with E-state index in [0.717, 1.165) is 18.0 Å². The van der Waals surface area contributed by atoms with Crippen LogP contribution in [0, 0.1) is 5.92 Å². The summed E-state index contributed by atoms with van der Waals surface area (Å²) in [4.78, 5) is 2.77. The molecule has 0 aromatic rings. The highest BCUT2D eigenvalue weighted by molar-refractivity contribution is 4.88. The molecule has 2 aliphatic rings. The highest BCUT2D eigenvalue weighted by Crippen LogP contribution is 2.28. The van der Waals surface area contributed by atoms with Gasteiger partial charge in [0.2, 0.25) is 0 Å². The average molecular weight is 224 g/mol. The van der Waals surface area contributed by atoms with Gasteiger partial charge in [-0.05, 0) is 57.5 Å². The SMILES string of the molecule is CCCNC1CCC(N2CCCC(C)C2)C1. The largest absolute Gasteiger partial charge is 0.314 e. The summed E-state index contributed by atoms with van der Waals surface area (Å²) in [6, 6.07) is 1.69. The van der Waals surface area contributed by atoms with Crippen LogP contribution in [0.3, 0.4) is 0 Å². The Morgan fingerprint density at radius 2 is 2.12 bits per heavy atom. The molecule has 0 amide bonds. The van der Waals surface area contributed by atoms with Crippen molar-refractivity contribution >= 4 is 0 Å². The molecule has 1 heterocycles. The summed E-state index contributed by atoms with van der Waals surface area (Å²) in [7, 11) is 0. The van der Waals surface area contributed by atoms with Gasteiger partial charge in [-0.15, -0.1) is 0 Å². The predicted molar refractivity (Wildman–Crippen MR) is 69.7 cm³/mol. The summed E-state index contributed by atoms with van der Waals surface area (Å²) in [5, 5.41) is 3.68. The van der Waals surface area contributed by atoms with Gasteiger partial charge in [-0.25, -0.2) is 0 Å². The number of piperidine rings is 1. The molecule has 2 nitrogen and oxygen atoms in total. The first-order valence-corrected chi connectivity index (χ1v) is 7.27. The van der Waals surface area contributed by atoms with E-state index in [1.165, 1.54) is 58.2 Å². The molecule has 3 atom stereocenters. The molecule has 94 valence electrons. The Balaban J connectivity index is 1.74. The Labute approximate surface area is 101 Å². The van der Waals surface area contributed by atoms with Crippen molar-refractivity contribution in [1.82, 2.24) is 10.2 Å². The Bertz CT molecular complexity index is 205. The molecule has 1 aliphatic heterocycles. The number of nitrogens with zero attached hydrogens (tertiary/aromatic N) is 1. The van der Waals surface area contributed by atoms with Gasteiger partial charge >= 0.3 is 0 Å². The maximum Gasteiger partial charge on any atom is 0.0111 e. The fraction of sp³-hybridized carbons (Fsp3) is 1.00. The average Bonchev–Trinajstić information content (AvgIpc) is 2.75. The number of likely N-dealkylation sites (tertiary alicyclic amines) is 1. The fourth-order valence-electron chi connectivity index (χ4n) is 3.38. The first kappa shape index (κ1) is 12.4. The zero-order chi connectivity index (χ0) is 11.4. The van der Waals surface area contributed by atoms with Crippen LogP contribution in [0.5, 0.6) is 0 Å². The van der Waals surface area contributed by atoms with Crippen LogP contribution in [0.4, 0.5) is 0 Å². The van der Waals surface area contributed by atoms with Gasteiger partial charge in [-0.1, -0.05) is 13.8 Å². The Morgan fingerprint density at radius 1 is 1.25 bits per heavy atom. The Morgan fingerprint density at radius 3 is 2.88 bits per heavy atom. The molecule has 0 spiro atoms. The molecule has 1 saturated heterocycles. The normalized spacial score (nSPS) is 36.8. The highest BCUT2D eigenvalue weighted by atomic mass is 15.2. The minimum Gasteiger partial charge on any atom is -0.314 e. The van der Waals surface area contributed by atoms with Gasteiger partial charge in [0.15, 0.2) is 0 Å². The monoisotopic (exact) mass is 224 g/mol. The molecule has 1 aliphatic carbocycles. The van der Waals surface area contributed by atoms with E-state index < -0.39 is 0 Å². The topological polar surface area (TPSA) is 15.3 Å². The lowest BCUT2D eigenvalue weighted by Crippen LogP contribution is -2.41. The van der Waals surface area contributed by atoms with Crippen LogP contribution in [0.25, 0.3) is 0 Å². The number of nitrogens with one attached hydrogen (secondary N) is 1. The zero-order valence-electron chi connectivity index (χ0n) is 11.0. The molecule has 0 aromatic heterocycles. The lowest BCUT2D eigenvalue weighted by molar-refractivity contribution is 0.130. The van der Waals surface area contributed by atoms with Gasteiger partial charge in [0, 0.05) is 18.6 Å². The van der Waals surface area contributed by atoms with Gasteiger partial charge in [0.25, 0.3) is 0 Å². The molecule has 2 fully saturated rings. The summed E-state index contributed by atoms with van der Waals surface area (Å²) in [5.74, 6) is 0.927. The molecule has 1 N–H and O–H groups in total. The lowest BCUT2D eigenvalue weighted by Gasteiger charge is -2.35. The maximum absolute atomic E-state index is 3.68. The Hall–Kier alpha value is -0.0800. The molecule has 2 heteroatoms. The quantitative estimate of drug-likeness (QED) is 0.790. The minimum atomic E-state index is 0.808. The van der Waals surface area contributed by atoms with E-state index in [9.17, 15) is 0 Å². The molecule has 3 unspecified atom stereocenters. The van der Waals surface area contributed by atoms with Crippen LogP contribution in [-0.2, 0) is 0 Å². The van der Waals surface area contributed by atoms with E-state index in [-0.39, 0.29) is 0 Å². The summed E-state index contributed by atoms with van der Waals surface area (Å²) >= 11 is 0. The molecule has 2 rings (SSSR count). The van der Waals surface area contributed by atoms with E-state index in [2.05, 4.69) is 24.1 Å². The third kappa shape index (κ3) is 3.21. The molecular formula is C14H28N2. The van der Waals surface area contributed by atoms with Crippen molar-refractivity contribution in [1.29, 1.82) is 0 Å². The van der Waals surface area contributed by atoms with Crippen molar-refractivity contribution in [2.75, 3.05) is 19.6 Å². The van der Waals surface area contributed by atoms with Gasteiger partial charge < -0.3 is 10.2 Å². The highest BCUT2D eigenvalue weighted by Gasteiger charge is 2.30. The molecule has 0 aromatic carbocycles. The second kappa shape index (κ2) is 6.02. The van der Waals surface area contributed by atoms with Crippen LogP contribution in [0.2, 0.25) is 0 Å². The molecule has 1 saturated carbocycles. The Kier molecular flexibility index (Phi) is 4.66. The van der Waals surface area contributed by atoms with Crippen molar-refractivity contribution in [2.45, 2.75) is 64.5 Å². The number of rotatable bonds is 4. The van der Waals surface area contributed by atoms with Crippen molar-refractivity contribution in [3.05, 3.63) is 0 Å². The van der Waals surface area contributed by atoms with Crippen molar-refractivity contribution < 1.29 is 0 Å². The lowest BCUT2D eigenvalue weighted by atomic mass is 9.98. The van der Waals surface area contributed by atoms with E-state index in [1.807, 2.05) is 0 Å². The zero-order valence-corrected chi connectivity index (χ0v) is 11.0. The molecule has 16 heavy (non-hydrogen) atoms. The van der Waals surface area contributed by atoms with E-state index in [1.54, 1.807) is 0 Å². The smallest absolute Gasteiger partial charge is 0.0111 e. The summed E-state index contributed by atoms with van der Waals surface area (Å²) in [6.45, 7) is 8.58. The van der Waals surface area contributed by atoms with Crippen LogP contribution in [0.15, 0.2) is 0 Å². The first-order valence-electron chi connectivity index (χ1n) is 7.27. The number of hydrogen-bond acceptors (Lipinski definition) is 2. The van der Waals surface area contributed by atoms with Gasteiger partial charge in [0.05, 0.1) is 0 Å². The van der Waals surface area contributed by atoms with Gasteiger partial charge in [-0.2, -0.15) is 0 Å². The fourth-order valence-corrected chi connectivity index (χ4v) is 3.38. The van der Waals surface area contributed by atoms with Gasteiger partial charge in [-0.3, -0.25) is 0 Å². The summed E-state index contributed by atoms with van der Waals surface area (Å²) in [5.41, 5.74) is 0. The van der Waals surface area contributed by atoms with Crippen molar-refractivity contribution in [2.24, 2.45) is 5.92 Å². The van der Waals surface area contributed by atoms with Crippen molar-refractivity contribution in [3.63, 3.8) is 0 Å². The van der Waals surface area contributed by atoms with Crippen LogP contribution >= 0.6 is 0 Å². The molecule has 0 radical (unpaired) electrons. The second-order valence-electron chi connectivity index (χ2n) is 5.86. The van der Waals surface area contributed by atoms with E-state index in [0.29, 0.717) is 0 Å². The predicted octanol–water partition coefficient (Wildman–Crippen LogP) is 2.64. The maximum atomic E-state index is 3.68. The third-order valence-corrected chi connectivity index (χ3v) is 4.29. The van der Waals surface area contributed by atoms with Crippen LogP contribution in [0.1, 0.15) is 52.4 Å². The summed E-state index contributed by atoms with van der Waals surface area (Å²) in [6.07, 6.45) is 8.35. The van der Waals surface area contributed by atoms with Crippen LogP contribution in [-0.4, -0.2) is 36.6 Å². The second-order valence-corrected chi connectivity index (χ2v) is 5.86. The van der Waals surface area contributed by atoms with E-state index >= 15 is 0 Å². The summed E-state index contributed by atoms with van der Waals surface area (Å²) < 4.78 is 0. The first-order chi connectivity index (χ1) is 7.79. The van der Waals surface area contributed by atoms with Crippen LogP contribution < -0.4 is 5.32 Å². The minimum absolute atomic E-state index is 0.808. The van der Waals surface area contributed by atoms with Crippen molar-refractivity contribution in [3.8, 4) is 0 Å².